The fourth-order valence-corrected chi connectivity index (χ4v) is 1.06. The van der Waals surface area contributed by atoms with Gasteiger partial charge in [0.2, 0.25) is 0 Å². The Hall–Kier alpha value is -1.22. The van der Waals surface area contributed by atoms with Crippen molar-refractivity contribution in [1.82, 2.24) is 15.3 Å². The predicted octanol–water partition coefficient (Wildman–Crippen LogP) is 1.62. The Morgan fingerprint density at radius 2 is 2.15 bits per heavy atom. The summed E-state index contributed by atoms with van der Waals surface area (Å²) in [6.45, 7) is 8.64. The van der Waals surface area contributed by atoms with E-state index in [0.717, 1.165) is 17.9 Å². The van der Waals surface area contributed by atoms with Gasteiger partial charge in [0.1, 0.15) is 5.82 Å². The molecule has 1 aromatic heterocycles. The summed E-state index contributed by atoms with van der Waals surface area (Å²) in [5, 5.41) is 3.22. The van der Waals surface area contributed by atoms with E-state index in [9.17, 15) is 0 Å². The first kappa shape index (κ1) is 9.86. The van der Waals surface area contributed by atoms with E-state index in [1.54, 1.807) is 0 Å². The molecule has 1 heterocycles. The lowest BCUT2D eigenvalue weighted by Gasteiger charge is -2.10. The number of rotatable bonds is 4. The van der Waals surface area contributed by atoms with Crippen LogP contribution in [0.3, 0.4) is 0 Å². The van der Waals surface area contributed by atoms with Gasteiger partial charge < -0.3 is 5.32 Å². The van der Waals surface area contributed by atoms with Gasteiger partial charge in [-0.3, -0.25) is 0 Å². The highest BCUT2D eigenvalue weighted by Gasteiger charge is 2.07. The zero-order chi connectivity index (χ0) is 9.68. The Morgan fingerprint density at radius 1 is 1.54 bits per heavy atom. The maximum absolute atomic E-state index is 4.22. The van der Waals surface area contributed by atoms with Crippen molar-refractivity contribution in [3.05, 3.63) is 36.4 Å². The Bertz CT molecular complexity index is 266. The summed E-state index contributed by atoms with van der Waals surface area (Å²) in [5.74, 6) is 0.780. The van der Waals surface area contributed by atoms with Crippen LogP contribution in [0.2, 0.25) is 0 Å². The van der Waals surface area contributed by atoms with Crippen LogP contribution in [0.4, 0.5) is 0 Å². The molecule has 3 nitrogen and oxygen atoms in total. The second kappa shape index (κ2) is 4.72. The standard InChI is InChI=1S/C10H15N3/c1-4-9(11-5-2)10-12-6-8(3)7-13-10/h4,6-7,9,11H,1,5H2,2-3H3. The number of hydrogen-bond donors (Lipinski definition) is 1. The molecule has 1 rings (SSSR count). The normalized spacial score (nSPS) is 12.5. The van der Waals surface area contributed by atoms with Gasteiger partial charge in [0.25, 0.3) is 0 Å². The Morgan fingerprint density at radius 3 is 2.62 bits per heavy atom. The van der Waals surface area contributed by atoms with Crippen molar-refractivity contribution in [2.75, 3.05) is 6.54 Å². The maximum atomic E-state index is 4.22. The second-order valence-corrected chi connectivity index (χ2v) is 2.89. The van der Waals surface area contributed by atoms with E-state index in [2.05, 4.69) is 21.9 Å². The molecular formula is C10H15N3. The third-order valence-electron chi connectivity index (χ3n) is 1.74. The average molecular weight is 177 g/mol. The molecule has 0 fully saturated rings. The summed E-state index contributed by atoms with van der Waals surface area (Å²) in [5.41, 5.74) is 1.07. The zero-order valence-corrected chi connectivity index (χ0v) is 8.12. The average Bonchev–Trinajstić information content (AvgIpc) is 2.16. The summed E-state index contributed by atoms with van der Waals surface area (Å²) in [7, 11) is 0. The van der Waals surface area contributed by atoms with Crippen LogP contribution in [0.1, 0.15) is 24.4 Å². The molecule has 1 atom stereocenters. The van der Waals surface area contributed by atoms with Gasteiger partial charge in [-0.25, -0.2) is 9.97 Å². The molecule has 13 heavy (non-hydrogen) atoms. The fourth-order valence-electron chi connectivity index (χ4n) is 1.06. The quantitative estimate of drug-likeness (QED) is 0.710. The SMILES string of the molecule is C=CC(NCC)c1ncc(C)cn1. The van der Waals surface area contributed by atoms with Crippen LogP contribution in [0, 0.1) is 6.92 Å². The van der Waals surface area contributed by atoms with Gasteiger partial charge >= 0.3 is 0 Å². The van der Waals surface area contributed by atoms with Crippen molar-refractivity contribution in [2.24, 2.45) is 0 Å². The number of hydrogen-bond acceptors (Lipinski definition) is 3. The van der Waals surface area contributed by atoms with E-state index in [1.807, 2.05) is 32.3 Å². The van der Waals surface area contributed by atoms with Crippen molar-refractivity contribution < 1.29 is 0 Å². The molecular weight excluding hydrogens is 162 g/mol. The summed E-state index contributed by atoms with van der Waals surface area (Å²) in [6.07, 6.45) is 5.44. The zero-order valence-electron chi connectivity index (χ0n) is 8.12. The molecule has 3 heteroatoms. The second-order valence-electron chi connectivity index (χ2n) is 2.89. The van der Waals surface area contributed by atoms with E-state index in [4.69, 9.17) is 0 Å². The summed E-state index contributed by atoms with van der Waals surface area (Å²) in [6, 6.07) is 0.0607. The van der Waals surface area contributed by atoms with Crippen molar-refractivity contribution in [2.45, 2.75) is 19.9 Å². The van der Waals surface area contributed by atoms with Crippen molar-refractivity contribution in [1.29, 1.82) is 0 Å². The highest BCUT2D eigenvalue weighted by atomic mass is 15.0. The van der Waals surface area contributed by atoms with E-state index in [0.29, 0.717) is 0 Å². The third-order valence-corrected chi connectivity index (χ3v) is 1.74. The lowest BCUT2D eigenvalue weighted by molar-refractivity contribution is 0.614. The molecule has 0 saturated carbocycles. The van der Waals surface area contributed by atoms with Gasteiger partial charge in [-0.2, -0.15) is 0 Å². The minimum Gasteiger partial charge on any atom is -0.304 e. The number of nitrogens with one attached hydrogen (secondary N) is 1. The fraction of sp³-hybridized carbons (Fsp3) is 0.400. The van der Waals surface area contributed by atoms with Crippen LogP contribution in [0.25, 0.3) is 0 Å². The molecule has 0 bridgehead atoms. The van der Waals surface area contributed by atoms with Gasteiger partial charge in [0.15, 0.2) is 0 Å². The molecule has 0 aliphatic carbocycles. The van der Waals surface area contributed by atoms with Crippen LogP contribution in [0.15, 0.2) is 25.0 Å². The van der Waals surface area contributed by atoms with Crippen LogP contribution in [-0.4, -0.2) is 16.5 Å². The first-order valence-corrected chi connectivity index (χ1v) is 4.42. The summed E-state index contributed by atoms with van der Waals surface area (Å²) < 4.78 is 0. The van der Waals surface area contributed by atoms with Gasteiger partial charge in [0.05, 0.1) is 6.04 Å². The van der Waals surface area contributed by atoms with E-state index < -0.39 is 0 Å². The summed E-state index contributed by atoms with van der Waals surface area (Å²) >= 11 is 0. The molecule has 70 valence electrons. The van der Waals surface area contributed by atoms with Gasteiger partial charge in [-0.15, -0.1) is 6.58 Å². The first-order valence-electron chi connectivity index (χ1n) is 4.42. The Kier molecular flexibility index (Phi) is 3.58. The van der Waals surface area contributed by atoms with Crippen LogP contribution < -0.4 is 5.32 Å². The molecule has 0 spiro atoms. The minimum atomic E-state index is 0.0607. The van der Waals surface area contributed by atoms with E-state index >= 15 is 0 Å². The van der Waals surface area contributed by atoms with Crippen molar-refractivity contribution in [3.8, 4) is 0 Å². The smallest absolute Gasteiger partial charge is 0.149 e. The minimum absolute atomic E-state index is 0.0607. The van der Waals surface area contributed by atoms with Crippen molar-refractivity contribution in [3.63, 3.8) is 0 Å². The van der Waals surface area contributed by atoms with Gasteiger partial charge in [0, 0.05) is 12.4 Å². The van der Waals surface area contributed by atoms with Crippen molar-refractivity contribution >= 4 is 0 Å². The van der Waals surface area contributed by atoms with E-state index in [-0.39, 0.29) is 6.04 Å². The maximum Gasteiger partial charge on any atom is 0.149 e. The molecule has 1 unspecified atom stereocenters. The lowest BCUT2D eigenvalue weighted by Crippen LogP contribution is -2.20. The topological polar surface area (TPSA) is 37.8 Å². The van der Waals surface area contributed by atoms with E-state index in [1.165, 1.54) is 0 Å². The van der Waals surface area contributed by atoms with Gasteiger partial charge in [-0.05, 0) is 19.0 Å². The Labute approximate surface area is 78.9 Å². The number of aryl methyl sites for hydroxylation is 1. The molecule has 1 aromatic rings. The monoisotopic (exact) mass is 177 g/mol. The number of aromatic nitrogens is 2. The molecule has 0 aliphatic heterocycles. The molecule has 0 amide bonds. The highest BCUT2D eigenvalue weighted by Crippen LogP contribution is 2.07. The third kappa shape index (κ3) is 2.63. The van der Waals surface area contributed by atoms with Crippen LogP contribution in [-0.2, 0) is 0 Å². The largest absolute Gasteiger partial charge is 0.304 e. The molecule has 0 saturated heterocycles. The highest BCUT2D eigenvalue weighted by molar-refractivity contribution is 5.08. The first-order chi connectivity index (χ1) is 6.27. The molecule has 0 aliphatic rings. The van der Waals surface area contributed by atoms with Gasteiger partial charge in [-0.1, -0.05) is 13.0 Å². The summed E-state index contributed by atoms with van der Waals surface area (Å²) in [4.78, 5) is 8.45. The lowest BCUT2D eigenvalue weighted by atomic mass is 10.2. The molecule has 0 aromatic carbocycles. The van der Waals surface area contributed by atoms with Crippen LogP contribution in [0.5, 0.6) is 0 Å². The number of nitrogens with zero attached hydrogens (tertiary/aromatic N) is 2. The number of likely N-dealkylation sites (N-methyl/N-ethyl adjacent to an activating group) is 1. The molecule has 1 N–H and O–H groups in total. The predicted molar refractivity (Wildman–Crippen MR) is 53.4 cm³/mol. The Balaban J connectivity index is 2.79. The van der Waals surface area contributed by atoms with Crippen LogP contribution >= 0.6 is 0 Å². The molecule has 0 radical (unpaired) electrons.